The third-order valence-corrected chi connectivity index (χ3v) is 5.44. The highest BCUT2D eigenvalue weighted by Gasteiger charge is 2.20. The van der Waals surface area contributed by atoms with Crippen molar-refractivity contribution in [3.8, 4) is 0 Å². The second-order valence-corrected chi connectivity index (χ2v) is 8.92. The topological polar surface area (TPSA) is 180 Å². The fourth-order valence-electron chi connectivity index (χ4n) is 3.09. The number of nitrogens with one attached hydrogen (secondary N) is 3. The summed E-state index contributed by atoms with van der Waals surface area (Å²) < 4.78 is 52.7. The summed E-state index contributed by atoms with van der Waals surface area (Å²) in [6.45, 7) is 7.58. The molecule has 16 heteroatoms. The molecular weight excluding hydrogens is 586 g/mol. The van der Waals surface area contributed by atoms with E-state index in [0.29, 0.717) is 106 Å². The van der Waals surface area contributed by atoms with E-state index in [9.17, 15) is 14.4 Å². The number of carbonyl (C=O) groups excluding carboxylic acids is 3. The van der Waals surface area contributed by atoms with Gasteiger partial charge < -0.3 is 63.3 Å². The summed E-state index contributed by atoms with van der Waals surface area (Å²) >= 11 is 0. The minimum absolute atomic E-state index is 0.0545. The van der Waals surface area contributed by atoms with Crippen LogP contribution in [0, 0.1) is 0 Å². The lowest BCUT2D eigenvalue weighted by Gasteiger charge is -2.18. The Morgan fingerprint density at radius 1 is 0.477 bits per heavy atom. The molecule has 0 aliphatic carbocycles. The second kappa shape index (κ2) is 33.9. The van der Waals surface area contributed by atoms with Crippen LogP contribution in [-0.2, 0) is 61.8 Å². The highest BCUT2D eigenvalue weighted by molar-refractivity contribution is 5.88. The first-order valence-corrected chi connectivity index (χ1v) is 14.9. The minimum atomic E-state index is -0.918. The second-order valence-electron chi connectivity index (χ2n) is 8.92. The Morgan fingerprint density at radius 2 is 0.795 bits per heavy atom. The van der Waals surface area contributed by atoms with Crippen molar-refractivity contribution in [2.45, 2.75) is 18.9 Å². The van der Waals surface area contributed by atoms with Crippen LogP contribution in [-0.4, -0.2) is 170 Å². The zero-order valence-electron chi connectivity index (χ0n) is 26.7. The monoisotopic (exact) mass is 641 g/mol. The molecule has 0 aliphatic rings. The van der Waals surface area contributed by atoms with E-state index >= 15 is 0 Å². The molecule has 3 amide bonds. The predicted octanol–water partition coefficient (Wildman–Crippen LogP) is -1.46. The van der Waals surface area contributed by atoms with Crippen LogP contribution < -0.4 is 16.0 Å². The Balaban J connectivity index is 3.74. The molecule has 260 valence electrons. The normalized spacial score (nSPS) is 11.8. The van der Waals surface area contributed by atoms with Crippen LogP contribution in [0.15, 0.2) is 0 Å². The van der Waals surface area contributed by atoms with Crippen LogP contribution in [0.1, 0.15) is 12.8 Å². The van der Waals surface area contributed by atoms with Gasteiger partial charge in [0, 0.05) is 40.7 Å². The molecular formula is C28H55N3O13. The number of amides is 3. The number of ether oxygens (including phenoxy) is 10. The van der Waals surface area contributed by atoms with Gasteiger partial charge in [0.25, 0.3) is 0 Å². The largest absolute Gasteiger partial charge is 0.382 e. The summed E-state index contributed by atoms with van der Waals surface area (Å²) in [7, 11) is 4.69. The van der Waals surface area contributed by atoms with E-state index in [1.807, 2.05) is 0 Å². The van der Waals surface area contributed by atoms with Crippen molar-refractivity contribution in [1.29, 1.82) is 0 Å². The number of likely N-dealkylation sites (N-methyl/N-ethyl adjacent to an activating group) is 1. The quantitative estimate of drug-likeness (QED) is 0.0695. The molecule has 16 nitrogen and oxygen atoms in total. The molecule has 44 heavy (non-hydrogen) atoms. The Morgan fingerprint density at radius 3 is 1.14 bits per heavy atom. The van der Waals surface area contributed by atoms with Gasteiger partial charge in [0.1, 0.15) is 6.04 Å². The number of carbonyl (C=O) groups is 3. The summed E-state index contributed by atoms with van der Waals surface area (Å²) in [4.78, 5) is 36.5. The van der Waals surface area contributed by atoms with E-state index in [1.54, 1.807) is 14.2 Å². The van der Waals surface area contributed by atoms with E-state index in [-0.39, 0.29) is 44.4 Å². The SMILES string of the molecule is CNC(=O)C(CNC(=O)CCOCCOCCOCCOCCOC)NC(=O)CCOCCOCCOCCOCCOC. The molecule has 1 unspecified atom stereocenters. The maximum absolute atomic E-state index is 12.3. The van der Waals surface area contributed by atoms with Crippen molar-refractivity contribution >= 4 is 17.7 Å². The van der Waals surface area contributed by atoms with Gasteiger partial charge in [-0.05, 0) is 0 Å². The zero-order chi connectivity index (χ0) is 32.4. The van der Waals surface area contributed by atoms with E-state index in [0.717, 1.165) is 0 Å². The van der Waals surface area contributed by atoms with Crippen LogP contribution in [0.4, 0.5) is 0 Å². The molecule has 3 N–H and O–H groups in total. The van der Waals surface area contributed by atoms with E-state index in [4.69, 9.17) is 47.4 Å². The van der Waals surface area contributed by atoms with Gasteiger partial charge in [-0.25, -0.2) is 0 Å². The molecule has 0 aromatic rings. The lowest BCUT2D eigenvalue weighted by atomic mass is 10.2. The Bertz CT molecular complexity index is 677. The van der Waals surface area contributed by atoms with Crippen molar-refractivity contribution < 1.29 is 61.8 Å². The lowest BCUT2D eigenvalue weighted by molar-refractivity contribution is -0.130. The van der Waals surface area contributed by atoms with Crippen LogP contribution in [0.5, 0.6) is 0 Å². The molecule has 0 saturated heterocycles. The smallest absolute Gasteiger partial charge is 0.244 e. The number of rotatable bonds is 34. The van der Waals surface area contributed by atoms with Gasteiger partial charge in [0.2, 0.25) is 17.7 Å². The van der Waals surface area contributed by atoms with Crippen LogP contribution in [0.2, 0.25) is 0 Å². The molecule has 0 heterocycles. The van der Waals surface area contributed by atoms with Gasteiger partial charge in [0.05, 0.1) is 119 Å². The van der Waals surface area contributed by atoms with Crippen LogP contribution >= 0.6 is 0 Å². The number of hydrogen-bond donors (Lipinski definition) is 3. The van der Waals surface area contributed by atoms with Gasteiger partial charge >= 0.3 is 0 Å². The molecule has 0 aromatic heterocycles. The third kappa shape index (κ3) is 30.1. The van der Waals surface area contributed by atoms with Crippen molar-refractivity contribution in [2.75, 3.05) is 147 Å². The summed E-state index contributed by atoms with van der Waals surface area (Å²) in [5, 5.41) is 7.73. The van der Waals surface area contributed by atoms with Gasteiger partial charge in [-0.3, -0.25) is 14.4 Å². The van der Waals surface area contributed by atoms with Crippen LogP contribution in [0.3, 0.4) is 0 Å². The Kier molecular flexibility index (Phi) is 32.4. The lowest BCUT2D eigenvalue weighted by Crippen LogP contribution is -2.52. The molecule has 0 fully saturated rings. The van der Waals surface area contributed by atoms with Crippen molar-refractivity contribution in [3.05, 3.63) is 0 Å². The number of hydrogen-bond acceptors (Lipinski definition) is 13. The minimum Gasteiger partial charge on any atom is -0.382 e. The van der Waals surface area contributed by atoms with Crippen molar-refractivity contribution in [2.24, 2.45) is 0 Å². The first-order valence-electron chi connectivity index (χ1n) is 14.9. The zero-order valence-corrected chi connectivity index (χ0v) is 26.7. The summed E-state index contributed by atoms with van der Waals surface area (Å²) in [6, 6.07) is -0.918. The summed E-state index contributed by atoms with van der Waals surface area (Å²) in [6.07, 6.45) is 0.158. The molecule has 0 aliphatic heterocycles. The van der Waals surface area contributed by atoms with Gasteiger partial charge in [-0.2, -0.15) is 0 Å². The average Bonchev–Trinajstić information content (AvgIpc) is 3.02. The maximum atomic E-state index is 12.3. The molecule has 0 radical (unpaired) electrons. The first kappa shape index (κ1) is 42.0. The van der Waals surface area contributed by atoms with Crippen molar-refractivity contribution in [1.82, 2.24) is 16.0 Å². The Hall–Kier alpha value is -1.99. The molecule has 0 spiro atoms. The van der Waals surface area contributed by atoms with E-state index in [2.05, 4.69) is 16.0 Å². The van der Waals surface area contributed by atoms with Gasteiger partial charge in [0.15, 0.2) is 0 Å². The molecule has 0 aromatic carbocycles. The van der Waals surface area contributed by atoms with E-state index < -0.39 is 11.9 Å². The molecule has 1 atom stereocenters. The fourth-order valence-corrected chi connectivity index (χ4v) is 3.09. The Labute approximate surface area is 261 Å². The maximum Gasteiger partial charge on any atom is 0.244 e. The van der Waals surface area contributed by atoms with Crippen molar-refractivity contribution in [3.63, 3.8) is 0 Å². The van der Waals surface area contributed by atoms with Crippen LogP contribution in [0.25, 0.3) is 0 Å². The number of methoxy groups -OCH3 is 2. The highest BCUT2D eigenvalue weighted by atomic mass is 16.6. The standard InChI is InChI=1S/C28H55N3O13/c1-29-28(34)25(31-27(33)5-7-38-13-15-42-21-23-44-19-17-40-11-9-36-3)24-30-26(32)4-6-37-12-14-41-20-22-43-18-16-39-10-8-35-2/h25H,4-24H2,1-3H3,(H,29,34)(H,30,32)(H,31,33). The predicted molar refractivity (Wildman–Crippen MR) is 159 cm³/mol. The third-order valence-electron chi connectivity index (χ3n) is 5.44. The summed E-state index contributed by atoms with van der Waals surface area (Å²) in [5.74, 6) is -1.11. The highest BCUT2D eigenvalue weighted by Crippen LogP contribution is 1.92. The average molecular weight is 642 g/mol. The molecule has 0 rings (SSSR count). The summed E-state index contributed by atoms with van der Waals surface area (Å²) in [5.41, 5.74) is 0. The van der Waals surface area contributed by atoms with Gasteiger partial charge in [-0.1, -0.05) is 0 Å². The first-order chi connectivity index (χ1) is 21.5. The molecule has 0 saturated carbocycles. The van der Waals surface area contributed by atoms with E-state index in [1.165, 1.54) is 7.05 Å². The fraction of sp³-hybridized carbons (Fsp3) is 0.893. The molecule has 0 bridgehead atoms. The van der Waals surface area contributed by atoms with Gasteiger partial charge in [-0.15, -0.1) is 0 Å².